The van der Waals surface area contributed by atoms with Crippen molar-refractivity contribution in [3.8, 4) is 23.3 Å². The first kappa shape index (κ1) is 21.3. The lowest BCUT2D eigenvalue weighted by molar-refractivity contribution is 0.273. The van der Waals surface area contributed by atoms with Crippen molar-refractivity contribution in [3.63, 3.8) is 0 Å². The minimum absolute atomic E-state index is 0.0445. The van der Waals surface area contributed by atoms with Crippen LogP contribution in [0.2, 0.25) is 0 Å². The second-order valence-corrected chi connectivity index (χ2v) is 7.99. The predicted octanol–water partition coefficient (Wildman–Crippen LogP) is 4.44. The Kier molecular flexibility index (Phi) is 5.78. The van der Waals surface area contributed by atoms with Gasteiger partial charge >= 0.3 is 5.63 Å². The zero-order chi connectivity index (χ0) is 22.8. The van der Waals surface area contributed by atoms with Crippen LogP contribution in [0.4, 0.5) is 0 Å². The number of nitrogens with two attached hydrogens (primary N) is 1. The van der Waals surface area contributed by atoms with Crippen LogP contribution < -0.4 is 25.6 Å². The summed E-state index contributed by atoms with van der Waals surface area (Å²) in [5.74, 6) is 1.10. The molecule has 0 amide bonds. The van der Waals surface area contributed by atoms with Crippen LogP contribution >= 0.6 is 0 Å². The summed E-state index contributed by atoms with van der Waals surface area (Å²) in [5, 5.41) is 10.4. The van der Waals surface area contributed by atoms with Crippen LogP contribution in [0.15, 0.2) is 63.1 Å². The van der Waals surface area contributed by atoms with E-state index in [-0.39, 0.29) is 17.0 Å². The van der Waals surface area contributed by atoms with E-state index in [0.29, 0.717) is 46.3 Å². The molecule has 1 aliphatic heterocycles. The minimum atomic E-state index is -0.761. The summed E-state index contributed by atoms with van der Waals surface area (Å²) in [4.78, 5) is 13.0. The molecule has 1 atom stereocenters. The fourth-order valence-electron chi connectivity index (χ4n) is 3.79. The van der Waals surface area contributed by atoms with Gasteiger partial charge in [-0.1, -0.05) is 32.0 Å². The number of para-hydroxylation sites is 1. The van der Waals surface area contributed by atoms with Gasteiger partial charge in [0.05, 0.1) is 30.6 Å². The molecule has 0 spiro atoms. The molecule has 2 N–H and O–H groups in total. The third kappa shape index (κ3) is 3.76. The molecule has 0 radical (unpaired) electrons. The van der Waals surface area contributed by atoms with Crippen molar-refractivity contribution in [2.45, 2.75) is 26.2 Å². The molecule has 0 fully saturated rings. The Labute approximate surface area is 185 Å². The van der Waals surface area contributed by atoms with Crippen LogP contribution in [0.3, 0.4) is 0 Å². The van der Waals surface area contributed by atoms with Gasteiger partial charge in [-0.15, -0.1) is 0 Å². The second-order valence-electron chi connectivity index (χ2n) is 7.99. The molecular formula is C25H24N2O5. The van der Waals surface area contributed by atoms with Gasteiger partial charge in [-0.3, -0.25) is 0 Å². The number of fused-ring (bicyclic) bond motifs is 3. The van der Waals surface area contributed by atoms with Crippen LogP contribution in [0, 0.1) is 17.2 Å². The van der Waals surface area contributed by atoms with Crippen LogP contribution in [0.25, 0.3) is 11.0 Å². The molecule has 0 saturated heterocycles. The fraction of sp³-hybridized carbons (Fsp3) is 0.280. The van der Waals surface area contributed by atoms with Gasteiger partial charge in [-0.2, -0.15) is 5.26 Å². The lowest BCUT2D eigenvalue weighted by Crippen LogP contribution is -2.26. The molecule has 1 aliphatic rings. The maximum atomic E-state index is 13.0. The summed E-state index contributed by atoms with van der Waals surface area (Å²) in [7, 11) is 1.55. The predicted molar refractivity (Wildman–Crippen MR) is 120 cm³/mol. The first-order valence-electron chi connectivity index (χ1n) is 10.4. The highest BCUT2D eigenvalue weighted by molar-refractivity contribution is 5.86. The number of nitrogens with zero attached hydrogens (tertiary/aromatic N) is 1. The monoisotopic (exact) mass is 432 g/mol. The van der Waals surface area contributed by atoms with Gasteiger partial charge in [0, 0.05) is 0 Å². The Morgan fingerprint density at radius 2 is 1.97 bits per heavy atom. The Morgan fingerprint density at radius 3 is 2.69 bits per heavy atom. The zero-order valence-electron chi connectivity index (χ0n) is 18.2. The third-order valence-electron chi connectivity index (χ3n) is 5.45. The lowest BCUT2D eigenvalue weighted by Gasteiger charge is -2.26. The Balaban J connectivity index is 1.85. The number of ether oxygens (including phenoxy) is 3. The topological polar surface area (TPSA) is 108 Å². The summed E-state index contributed by atoms with van der Waals surface area (Å²) in [5.41, 5.74) is 6.92. The summed E-state index contributed by atoms with van der Waals surface area (Å²) in [6, 6.07) is 14.5. The number of nitriles is 1. The van der Waals surface area contributed by atoms with E-state index < -0.39 is 11.5 Å². The average molecular weight is 432 g/mol. The molecular weight excluding hydrogens is 408 g/mol. The van der Waals surface area contributed by atoms with Crippen molar-refractivity contribution >= 4 is 11.0 Å². The van der Waals surface area contributed by atoms with E-state index in [2.05, 4.69) is 19.9 Å². The van der Waals surface area contributed by atoms with Gasteiger partial charge in [0.25, 0.3) is 0 Å². The van der Waals surface area contributed by atoms with Crippen molar-refractivity contribution in [1.29, 1.82) is 5.26 Å². The number of rotatable bonds is 6. The molecule has 2 aromatic carbocycles. The van der Waals surface area contributed by atoms with Crippen LogP contribution in [-0.4, -0.2) is 13.7 Å². The first-order valence-corrected chi connectivity index (χ1v) is 10.4. The van der Waals surface area contributed by atoms with Gasteiger partial charge in [-0.05, 0) is 42.2 Å². The quantitative estimate of drug-likeness (QED) is 0.574. The fourth-order valence-corrected chi connectivity index (χ4v) is 3.79. The van der Waals surface area contributed by atoms with Crippen LogP contribution in [0.5, 0.6) is 17.2 Å². The molecule has 0 aliphatic carbocycles. The maximum absolute atomic E-state index is 13.0. The van der Waals surface area contributed by atoms with Gasteiger partial charge in [0.2, 0.25) is 5.88 Å². The molecule has 7 heteroatoms. The molecule has 1 aromatic heterocycles. The summed E-state index contributed by atoms with van der Waals surface area (Å²) in [6.45, 7) is 4.81. The van der Waals surface area contributed by atoms with Crippen LogP contribution in [-0.2, 0) is 0 Å². The Morgan fingerprint density at radius 1 is 1.19 bits per heavy atom. The molecule has 0 bridgehead atoms. The Hall–Kier alpha value is -3.92. The van der Waals surface area contributed by atoms with Crippen LogP contribution in [0.1, 0.15) is 37.3 Å². The number of benzene rings is 2. The number of methoxy groups -OCH3 is 1. The first-order chi connectivity index (χ1) is 15.4. The van der Waals surface area contributed by atoms with Crippen molar-refractivity contribution in [2.75, 3.05) is 13.7 Å². The molecule has 164 valence electrons. The molecule has 32 heavy (non-hydrogen) atoms. The van der Waals surface area contributed by atoms with Gasteiger partial charge in [0.15, 0.2) is 17.2 Å². The summed E-state index contributed by atoms with van der Waals surface area (Å²) < 4.78 is 22.7. The third-order valence-corrected chi connectivity index (χ3v) is 5.45. The molecule has 0 unspecified atom stereocenters. The maximum Gasteiger partial charge on any atom is 0.344 e. The highest BCUT2D eigenvalue weighted by Crippen LogP contribution is 2.45. The largest absolute Gasteiger partial charge is 0.493 e. The smallest absolute Gasteiger partial charge is 0.344 e. The minimum Gasteiger partial charge on any atom is -0.493 e. The van der Waals surface area contributed by atoms with Crippen molar-refractivity contribution in [2.24, 2.45) is 11.7 Å². The van der Waals surface area contributed by atoms with Crippen molar-refractivity contribution in [1.82, 2.24) is 0 Å². The van der Waals surface area contributed by atoms with E-state index >= 15 is 0 Å². The van der Waals surface area contributed by atoms with E-state index in [1.54, 1.807) is 43.5 Å². The lowest BCUT2D eigenvalue weighted by atomic mass is 9.83. The molecule has 7 nitrogen and oxygen atoms in total. The summed E-state index contributed by atoms with van der Waals surface area (Å²) >= 11 is 0. The molecule has 3 aromatic rings. The van der Waals surface area contributed by atoms with Gasteiger partial charge in [-0.25, -0.2) is 4.79 Å². The molecule has 4 rings (SSSR count). The molecule has 0 saturated carbocycles. The summed E-state index contributed by atoms with van der Waals surface area (Å²) in [6.07, 6.45) is 0.907. The van der Waals surface area contributed by atoms with E-state index in [9.17, 15) is 10.1 Å². The van der Waals surface area contributed by atoms with E-state index in [4.69, 9.17) is 24.4 Å². The van der Waals surface area contributed by atoms with E-state index in [1.165, 1.54) is 0 Å². The Bertz CT molecular complexity index is 1300. The highest BCUT2D eigenvalue weighted by atomic mass is 16.5. The van der Waals surface area contributed by atoms with E-state index in [0.717, 1.165) is 6.42 Å². The van der Waals surface area contributed by atoms with Gasteiger partial charge in [0.1, 0.15) is 17.2 Å². The highest BCUT2D eigenvalue weighted by Gasteiger charge is 2.35. The van der Waals surface area contributed by atoms with E-state index in [1.807, 2.05) is 6.07 Å². The molecule has 2 heterocycles. The standard InChI is InChI=1S/C25H24N2O5/c1-14(2)10-11-30-19-9-8-15(12-20(19)29-3)21-17(13-26)24(27)32-23-16-6-4-5-7-18(16)31-25(28)22(21)23/h4-9,12,14,21H,10-11,27H2,1-3H3/t21-/m1/s1. The SMILES string of the molecule is COc1cc([C@@H]2C(C#N)=C(N)Oc3c2c(=O)oc2ccccc32)ccc1OCCC(C)C. The van der Waals surface area contributed by atoms with Crippen molar-refractivity contribution < 1.29 is 18.6 Å². The second kappa shape index (κ2) is 8.67. The zero-order valence-corrected chi connectivity index (χ0v) is 18.2. The van der Waals surface area contributed by atoms with Crippen molar-refractivity contribution in [3.05, 3.63) is 75.5 Å². The number of hydrogen-bond donors (Lipinski definition) is 1. The normalized spacial score (nSPS) is 15.3. The number of hydrogen-bond acceptors (Lipinski definition) is 7. The van der Waals surface area contributed by atoms with Gasteiger partial charge < -0.3 is 24.4 Å². The average Bonchev–Trinajstić information content (AvgIpc) is 2.78. The number of allylic oxidation sites excluding steroid dienone is 1.